The molecule has 2 amide bonds. The fourth-order valence-electron chi connectivity index (χ4n) is 6.32. The molecule has 2 atom stereocenters. The zero-order valence-electron chi connectivity index (χ0n) is 27.6. The Balaban J connectivity index is 1.53. The summed E-state index contributed by atoms with van der Waals surface area (Å²) in [6.07, 6.45) is 4.65. The average molecular weight is 623 g/mol. The minimum atomic E-state index is -1.31. The van der Waals surface area contributed by atoms with E-state index < -0.39 is 41.4 Å². The Labute approximate surface area is 267 Å². The Morgan fingerprint density at radius 2 is 1.47 bits per heavy atom. The Morgan fingerprint density at radius 1 is 0.889 bits per heavy atom. The van der Waals surface area contributed by atoms with Gasteiger partial charge in [0.2, 0.25) is 0 Å². The van der Waals surface area contributed by atoms with Gasteiger partial charge in [0.1, 0.15) is 12.2 Å². The number of benzene rings is 2. The third-order valence-electron chi connectivity index (χ3n) is 8.39. The fraction of sp³-hybridized carbons (Fsp3) is 0.583. The number of hydrogen-bond acceptors (Lipinski definition) is 6. The molecule has 1 fully saturated rings. The van der Waals surface area contributed by atoms with E-state index >= 15 is 0 Å². The lowest BCUT2D eigenvalue weighted by Gasteiger charge is -2.36. The molecular formula is C36H50N2O7. The molecule has 2 aliphatic rings. The normalized spacial score (nSPS) is 16.7. The second-order valence-corrected chi connectivity index (χ2v) is 14.3. The van der Waals surface area contributed by atoms with Crippen molar-refractivity contribution in [3.63, 3.8) is 0 Å². The number of amides is 2. The first kappa shape index (κ1) is 34.3. The lowest BCUT2D eigenvalue weighted by Crippen LogP contribution is -2.55. The summed E-state index contributed by atoms with van der Waals surface area (Å²) in [7, 11) is 0. The Kier molecular flexibility index (Phi) is 11.2. The largest absolute Gasteiger partial charge is 0.480 e. The molecule has 9 nitrogen and oxygen atoms in total. The molecule has 246 valence electrons. The third-order valence-corrected chi connectivity index (χ3v) is 8.39. The molecule has 0 saturated heterocycles. The Hall–Kier alpha value is -3.59. The summed E-state index contributed by atoms with van der Waals surface area (Å²) in [6, 6.07) is 14.4. The highest BCUT2D eigenvalue weighted by Crippen LogP contribution is 2.44. The van der Waals surface area contributed by atoms with Gasteiger partial charge in [-0.15, -0.1) is 0 Å². The van der Waals surface area contributed by atoms with E-state index in [1.807, 2.05) is 45.0 Å². The number of alkyl carbamates (subject to hydrolysis) is 1. The van der Waals surface area contributed by atoms with Gasteiger partial charge >= 0.3 is 18.2 Å². The van der Waals surface area contributed by atoms with Crippen molar-refractivity contribution in [2.75, 3.05) is 19.8 Å². The number of carbonyl (C=O) groups is 3. The van der Waals surface area contributed by atoms with Crippen molar-refractivity contribution in [3.05, 3.63) is 59.7 Å². The molecule has 9 heteroatoms. The fourth-order valence-corrected chi connectivity index (χ4v) is 6.32. The van der Waals surface area contributed by atoms with Gasteiger partial charge < -0.3 is 24.6 Å². The number of rotatable bonds is 11. The van der Waals surface area contributed by atoms with Crippen LogP contribution in [0.15, 0.2) is 48.5 Å². The number of ether oxygens (including phenoxy) is 3. The quantitative estimate of drug-likeness (QED) is 0.269. The number of carbonyl (C=O) groups excluding carboxylic acids is 2. The van der Waals surface area contributed by atoms with Crippen molar-refractivity contribution < 1.29 is 33.7 Å². The van der Waals surface area contributed by atoms with Gasteiger partial charge in [0, 0.05) is 12.5 Å². The van der Waals surface area contributed by atoms with Crippen LogP contribution in [0.4, 0.5) is 9.59 Å². The highest BCUT2D eigenvalue weighted by Gasteiger charge is 2.37. The number of aliphatic carboxylic acids is 1. The summed E-state index contributed by atoms with van der Waals surface area (Å²) < 4.78 is 17.4. The van der Waals surface area contributed by atoms with E-state index in [-0.39, 0.29) is 25.7 Å². The number of nitrogens with one attached hydrogen (secondary N) is 1. The molecule has 4 rings (SSSR count). The molecule has 0 aliphatic heterocycles. The zero-order chi connectivity index (χ0) is 32.8. The second-order valence-electron chi connectivity index (χ2n) is 14.3. The van der Waals surface area contributed by atoms with Crippen molar-refractivity contribution in [1.82, 2.24) is 10.2 Å². The minimum Gasteiger partial charge on any atom is -0.480 e. The lowest BCUT2D eigenvalue weighted by atomic mass is 9.84. The van der Waals surface area contributed by atoms with Crippen LogP contribution in [0.5, 0.6) is 0 Å². The SMILES string of the molecule is CC(C)(C)OC[C@@H](C(=O)O)N(C[C@H](CC1CCCCC1)NC(=O)OCC1c2ccccc2-c2ccccc21)C(=O)OC(C)(C)C. The summed E-state index contributed by atoms with van der Waals surface area (Å²) in [4.78, 5) is 40.6. The molecule has 0 radical (unpaired) electrons. The van der Waals surface area contributed by atoms with Gasteiger partial charge in [-0.2, -0.15) is 0 Å². The molecule has 0 spiro atoms. The van der Waals surface area contributed by atoms with E-state index in [0.29, 0.717) is 12.3 Å². The van der Waals surface area contributed by atoms with Crippen LogP contribution in [-0.2, 0) is 19.0 Å². The summed E-state index contributed by atoms with van der Waals surface area (Å²) in [5.41, 5.74) is 3.05. The van der Waals surface area contributed by atoms with Gasteiger partial charge in [0.05, 0.1) is 18.2 Å². The van der Waals surface area contributed by atoms with E-state index in [0.717, 1.165) is 47.9 Å². The summed E-state index contributed by atoms with van der Waals surface area (Å²) in [5, 5.41) is 13.2. The number of hydrogen-bond donors (Lipinski definition) is 2. The first-order chi connectivity index (χ1) is 21.2. The summed E-state index contributed by atoms with van der Waals surface area (Å²) in [6.45, 7) is 10.6. The molecule has 2 aromatic rings. The van der Waals surface area contributed by atoms with Crippen LogP contribution >= 0.6 is 0 Å². The van der Waals surface area contributed by atoms with Crippen molar-refractivity contribution in [2.45, 2.75) is 109 Å². The van der Waals surface area contributed by atoms with Crippen molar-refractivity contribution >= 4 is 18.2 Å². The van der Waals surface area contributed by atoms with E-state index in [1.54, 1.807) is 20.8 Å². The highest BCUT2D eigenvalue weighted by molar-refractivity contribution is 5.81. The van der Waals surface area contributed by atoms with Gasteiger partial charge in [-0.3, -0.25) is 4.90 Å². The molecule has 0 heterocycles. The van der Waals surface area contributed by atoms with Gasteiger partial charge in [0.25, 0.3) is 0 Å². The monoisotopic (exact) mass is 622 g/mol. The van der Waals surface area contributed by atoms with Crippen LogP contribution < -0.4 is 5.32 Å². The van der Waals surface area contributed by atoms with Crippen LogP contribution in [0.3, 0.4) is 0 Å². The van der Waals surface area contributed by atoms with Crippen LogP contribution in [0, 0.1) is 5.92 Å². The molecular weight excluding hydrogens is 572 g/mol. The van der Waals surface area contributed by atoms with Gasteiger partial charge in [-0.05, 0) is 76.1 Å². The average Bonchev–Trinajstić information content (AvgIpc) is 3.28. The van der Waals surface area contributed by atoms with Gasteiger partial charge in [0.15, 0.2) is 6.04 Å². The number of nitrogens with zero attached hydrogens (tertiary/aromatic N) is 1. The van der Waals surface area contributed by atoms with Crippen molar-refractivity contribution in [3.8, 4) is 11.1 Å². The number of carboxylic acids is 1. The number of carboxylic acid groups (broad SMARTS) is 1. The maximum atomic E-state index is 13.5. The number of fused-ring (bicyclic) bond motifs is 3. The smallest absolute Gasteiger partial charge is 0.411 e. The van der Waals surface area contributed by atoms with Gasteiger partial charge in [-0.1, -0.05) is 80.6 Å². The summed E-state index contributed by atoms with van der Waals surface area (Å²) in [5.74, 6) is -0.959. The van der Waals surface area contributed by atoms with Crippen molar-refractivity contribution in [1.29, 1.82) is 0 Å². The second kappa shape index (κ2) is 14.7. The van der Waals surface area contributed by atoms with Crippen molar-refractivity contribution in [2.24, 2.45) is 5.92 Å². The van der Waals surface area contributed by atoms with Crippen LogP contribution in [-0.4, -0.2) is 71.2 Å². The standard InChI is InChI=1S/C36H50N2O7/c1-35(2,3)44-23-31(32(39)40)38(34(42)45-36(4,5)6)21-25(20-24-14-8-7-9-15-24)37-33(41)43-22-30-28-18-12-10-16-26(28)27-17-11-13-19-29(27)30/h10-13,16-19,24-25,30-31H,7-9,14-15,20-23H2,1-6H3,(H,37,41)(H,39,40)/t25-,31-/m0/s1. The first-order valence-electron chi connectivity index (χ1n) is 16.2. The van der Waals surface area contributed by atoms with Crippen LogP contribution in [0.2, 0.25) is 0 Å². The van der Waals surface area contributed by atoms with E-state index in [2.05, 4.69) is 29.6 Å². The molecule has 1 saturated carbocycles. The molecule has 45 heavy (non-hydrogen) atoms. The van der Waals surface area contributed by atoms with Crippen LogP contribution in [0.25, 0.3) is 11.1 Å². The van der Waals surface area contributed by atoms with Gasteiger partial charge in [-0.25, -0.2) is 14.4 Å². The predicted octanol–water partition coefficient (Wildman–Crippen LogP) is 7.37. The summed E-state index contributed by atoms with van der Waals surface area (Å²) >= 11 is 0. The molecule has 0 aromatic heterocycles. The predicted molar refractivity (Wildman–Crippen MR) is 173 cm³/mol. The molecule has 0 unspecified atom stereocenters. The first-order valence-corrected chi connectivity index (χ1v) is 16.2. The molecule has 0 bridgehead atoms. The van der Waals surface area contributed by atoms with E-state index in [9.17, 15) is 19.5 Å². The van der Waals surface area contributed by atoms with E-state index in [4.69, 9.17) is 14.2 Å². The highest BCUT2D eigenvalue weighted by atomic mass is 16.6. The maximum absolute atomic E-state index is 13.5. The molecule has 2 N–H and O–H groups in total. The third kappa shape index (κ3) is 9.70. The molecule has 2 aliphatic carbocycles. The maximum Gasteiger partial charge on any atom is 0.411 e. The van der Waals surface area contributed by atoms with E-state index in [1.165, 1.54) is 11.3 Å². The lowest BCUT2D eigenvalue weighted by molar-refractivity contribution is -0.148. The topological polar surface area (TPSA) is 114 Å². The Bertz CT molecular complexity index is 1280. The minimum absolute atomic E-state index is 0.0555. The Morgan fingerprint density at radius 3 is 2.00 bits per heavy atom. The van der Waals surface area contributed by atoms with Crippen LogP contribution in [0.1, 0.15) is 97.1 Å². The molecule has 2 aromatic carbocycles. The zero-order valence-corrected chi connectivity index (χ0v) is 27.6.